The molecule has 0 aliphatic carbocycles. The molecule has 0 atom stereocenters. The number of hydrogen-bond acceptors (Lipinski definition) is 3. The van der Waals surface area contributed by atoms with Crippen molar-refractivity contribution in [2.24, 2.45) is 0 Å². The van der Waals surface area contributed by atoms with E-state index in [9.17, 15) is 4.79 Å². The van der Waals surface area contributed by atoms with Crippen molar-refractivity contribution in [2.45, 2.75) is 13.8 Å². The molecule has 0 fully saturated rings. The first-order valence-corrected chi connectivity index (χ1v) is 8.19. The second-order valence-corrected chi connectivity index (χ2v) is 5.95. The lowest BCUT2D eigenvalue weighted by Crippen LogP contribution is -2.22. The molecule has 1 aromatic heterocycles. The predicted molar refractivity (Wildman–Crippen MR) is 94.9 cm³/mol. The summed E-state index contributed by atoms with van der Waals surface area (Å²) in [6, 6.07) is 8.84. The second kappa shape index (κ2) is 7.61. The van der Waals surface area contributed by atoms with Gasteiger partial charge in [0.05, 0.1) is 17.4 Å². The molecular formula is C16H17BrClN3O. The summed E-state index contributed by atoms with van der Waals surface area (Å²) in [4.78, 5) is 18.8. The summed E-state index contributed by atoms with van der Waals surface area (Å²) in [6.45, 7) is 5.95. The van der Waals surface area contributed by atoms with Gasteiger partial charge in [0.2, 0.25) is 0 Å². The van der Waals surface area contributed by atoms with Gasteiger partial charge in [-0.25, -0.2) is 4.98 Å². The molecule has 0 radical (unpaired) electrons. The quantitative estimate of drug-likeness (QED) is 0.822. The minimum absolute atomic E-state index is 0.230. The molecule has 0 spiro atoms. The van der Waals surface area contributed by atoms with Gasteiger partial charge < -0.3 is 10.2 Å². The minimum atomic E-state index is -0.230. The number of benzene rings is 1. The van der Waals surface area contributed by atoms with Crippen LogP contribution >= 0.6 is 27.5 Å². The van der Waals surface area contributed by atoms with Crippen LogP contribution in [0.3, 0.4) is 0 Å². The van der Waals surface area contributed by atoms with Crippen LogP contribution in [0.4, 0.5) is 11.5 Å². The van der Waals surface area contributed by atoms with Gasteiger partial charge in [-0.2, -0.15) is 0 Å². The molecule has 2 rings (SSSR count). The fourth-order valence-corrected chi connectivity index (χ4v) is 2.66. The molecule has 0 aliphatic heterocycles. The van der Waals surface area contributed by atoms with Crippen LogP contribution < -0.4 is 10.2 Å². The Hall–Kier alpha value is -1.59. The van der Waals surface area contributed by atoms with Gasteiger partial charge in [-0.05, 0) is 60.1 Å². The number of rotatable bonds is 5. The molecule has 0 bridgehead atoms. The molecular weight excluding hydrogens is 366 g/mol. The molecule has 0 unspecified atom stereocenters. The van der Waals surface area contributed by atoms with Crippen LogP contribution in [-0.4, -0.2) is 24.0 Å². The number of anilines is 2. The van der Waals surface area contributed by atoms with E-state index in [0.29, 0.717) is 20.7 Å². The fraction of sp³-hybridized carbons (Fsp3) is 0.250. The second-order valence-electron chi connectivity index (χ2n) is 4.66. The standard InChI is InChI=1S/C16H17BrClN3O/c1-3-21(4-2)15-8-6-12(10-19-15)20-16(22)13-9-11(18)5-7-14(13)17/h5-10H,3-4H2,1-2H3,(H,20,22). The van der Waals surface area contributed by atoms with E-state index in [2.05, 4.69) is 45.0 Å². The van der Waals surface area contributed by atoms with E-state index in [-0.39, 0.29) is 5.91 Å². The molecule has 6 heteroatoms. The highest BCUT2D eigenvalue weighted by atomic mass is 79.9. The molecule has 22 heavy (non-hydrogen) atoms. The number of amides is 1. The van der Waals surface area contributed by atoms with E-state index < -0.39 is 0 Å². The molecule has 1 aromatic carbocycles. The maximum Gasteiger partial charge on any atom is 0.256 e. The SMILES string of the molecule is CCN(CC)c1ccc(NC(=O)c2cc(Cl)ccc2Br)cn1. The van der Waals surface area contributed by atoms with Gasteiger partial charge in [0.15, 0.2) is 0 Å². The normalized spacial score (nSPS) is 10.4. The minimum Gasteiger partial charge on any atom is -0.357 e. The number of carbonyl (C=O) groups excluding carboxylic acids is 1. The number of nitrogens with zero attached hydrogens (tertiary/aromatic N) is 2. The van der Waals surface area contributed by atoms with Crippen molar-refractivity contribution in [1.29, 1.82) is 0 Å². The largest absolute Gasteiger partial charge is 0.357 e. The molecule has 0 aliphatic rings. The summed E-state index contributed by atoms with van der Waals surface area (Å²) in [6.07, 6.45) is 1.66. The van der Waals surface area contributed by atoms with Crippen molar-refractivity contribution in [3.05, 3.63) is 51.6 Å². The van der Waals surface area contributed by atoms with Gasteiger partial charge in [-0.3, -0.25) is 4.79 Å². The molecule has 1 heterocycles. The van der Waals surface area contributed by atoms with Crippen molar-refractivity contribution in [3.63, 3.8) is 0 Å². The van der Waals surface area contributed by atoms with Crippen molar-refractivity contribution >= 4 is 44.9 Å². The molecule has 1 amide bonds. The zero-order chi connectivity index (χ0) is 16.1. The van der Waals surface area contributed by atoms with Gasteiger partial charge in [0.25, 0.3) is 5.91 Å². The van der Waals surface area contributed by atoms with E-state index in [1.807, 2.05) is 12.1 Å². The van der Waals surface area contributed by atoms with Crippen molar-refractivity contribution in [1.82, 2.24) is 4.98 Å². The Bertz CT molecular complexity index is 657. The smallest absolute Gasteiger partial charge is 0.256 e. The van der Waals surface area contributed by atoms with Gasteiger partial charge in [0, 0.05) is 22.6 Å². The van der Waals surface area contributed by atoms with Crippen LogP contribution in [0, 0.1) is 0 Å². The third-order valence-electron chi connectivity index (χ3n) is 3.27. The number of carbonyl (C=O) groups is 1. The highest BCUT2D eigenvalue weighted by molar-refractivity contribution is 9.10. The maximum atomic E-state index is 12.3. The molecule has 1 N–H and O–H groups in total. The third-order valence-corrected chi connectivity index (χ3v) is 4.19. The van der Waals surface area contributed by atoms with Crippen molar-refractivity contribution in [3.8, 4) is 0 Å². The summed E-state index contributed by atoms with van der Waals surface area (Å²) in [7, 11) is 0. The number of pyridine rings is 1. The van der Waals surface area contributed by atoms with Crippen LogP contribution in [-0.2, 0) is 0 Å². The Balaban J connectivity index is 2.13. The number of nitrogens with one attached hydrogen (secondary N) is 1. The van der Waals surface area contributed by atoms with Gasteiger partial charge in [0.1, 0.15) is 5.82 Å². The molecule has 0 saturated heterocycles. The molecule has 116 valence electrons. The van der Waals surface area contributed by atoms with Crippen LogP contribution in [0.2, 0.25) is 5.02 Å². The zero-order valence-corrected chi connectivity index (χ0v) is 14.8. The summed E-state index contributed by atoms with van der Waals surface area (Å²) >= 11 is 9.28. The first kappa shape index (κ1) is 16.8. The van der Waals surface area contributed by atoms with Crippen LogP contribution in [0.15, 0.2) is 41.0 Å². The summed E-state index contributed by atoms with van der Waals surface area (Å²) < 4.78 is 0.696. The number of halogens is 2. The highest BCUT2D eigenvalue weighted by Gasteiger charge is 2.11. The van der Waals surface area contributed by atoms with Crippen molar-refractivity contribution < 1.29 is 4.79 Å². The lowest BCUT2D eigenvalue weighted by molar-refractivity contribution is 0.102. The van der Waals surface area contributed by atoms with Crippen molar-refractivity contribution in [2.75, 3.05) is 23.3 Å². The van der Waals surface area contributed by atoms with Gasteiger partial charge in [-0.1, -0.05) is 11.6 Å². The first-order chi connectivity index (χ1) is 10.5. The Morgan fingerprint density at radius 1 is 1.27 bits per heavy atom. The van der Waals surface area contributed by atoms with Crippen LogP contribution in [0.1, 0.15) is 24.2 Å². The topological polar surface area (TPSA) is 45.2 Å². The fourth-order valence-electron chi connectivity index (χ4n) is 2.06. The predicted octanol–water partition coefficient (Wildman–Crippen LogP) is 4.60. The summed E-state index contributed by atoms with van der Waals surface area (Å²) in [5, 5.41) is 3.34. The average molecular weight is 383 g/mol. The Labute approximate surface area is 143 Å². The van der Waals surface area contributed by atoms with E-state index in [0.717, 1.165) is 18.9 Å². The lowest BCUT2D eigenvalue weighted by Gasteiger charge is -2.19. The van der Waals surface area contributed by atoms with Gasteiger partial charge >= 0.3 is 0 Å². The monoisotopic (exact) mass is 381 g/mol. The summed E-state index contributed by atoms with van der Waals surface area (Å²) in [5.74, 6) is 0.665. The van der Waals surface area contributed by atoms with E-state index in [1.54, 1.807) is 24.4 Å². The number of hydrogen-bond donors (Lipinski definition) is 1. The lowest BCUT2D eigenvalue weighted by atomic mass is 10.2. The van der Waals surface area contributed by atoms with E-state index >= 15 is 0 Å². The molecule has 4 nitrogen and oxygen atoms in total. The molecule has 0 saturated carbocycles. The van der Waals surface area contributed by atoms with Gasteiger partial charge in [-0.15, -0.1) is 0 Å². The van der Waals surface area contributed by atoms with Crippen LogP contribution in [0.5, 0.6) is 0 Å². The maximum absolute atomic E-state index is 12.3. The summed E-state index contributed by atoms with van der Waals surface area (Å²) in [5.41, 5.74) is 1.13. The zero-order valence-electron chi connectivity index (χ0n) is 12.4. The average Bonchev–Trinajstić information content (AvgIpc) is 2.52. The molecule has 2 aromatic rings. The van der Waals surface area contributed by atoms with Crippen LogP contribution in [0.25, 0.3) is 0 Å². The Kier molecular flexibility index (Phi) is 5.80. The van der Waals surface area contributed by atoms with E-state index in [4.69, 9.17) is 11.6 Å². The number of aromatic nitrogens is 1. The third kappa shape index (κ3) is 3.99. The highest BCUT2D eigenvalue weighted by Crippen LogP contribution is 2.22. The Morgan fingerprint density at radius 2 is 2.00 bits per heavy atom. The van der Waals surface area contributed by atoms with E-state index in [1.165, 1.54) is 0 Å². The first-order valence-electron chi connectivity index (χ1n) is 7.02. The Morgan fingerprint density at radius 3 is 2.59 bits per heavy atom.